The van der Waals surface area contributed by atoms with Crippen molar-refractivity contribution in [3.63, 3.8) is 0 Å². The highest BCUT2D eigenvalue weighted by Crippen LogP contribution is 2.28. The molecule has 0 aliphatic rings. The van der Waals surface area contributed by atoms with E-state index in [2.05, 4.69) is 4.98 Å². The van der Waals surface area contributed by atoms with Crippen LogP contribution in [0.5, 0.6) is 0 Å². The van der Waals surface area contributed by atoms with Crippen LogP contribution in [0.3, 0.4) is 0 Å². The normalized spacial score (nSPS) is 10.9. The van der Waals surface area contributed by atoms with Gasteiger partial charge in [0.05, 0.1) is 17.1 Å². The summed E-state index contributed by atoms with van der Waals surface area (Å²) in [4.78, 5) is 3.59. The number of aromatic nitrogens is 1. The SMILES string of the molecule is Fc1c(CCl)ncc(I)c1C(F)F. The molecule has 0 saturated carbocycles. The Labute approximate surface area is 91.4 Å². The van der Waals surface area contributed by atoms with Gasteiger partial charge in [-0.05, 0) is 22.6 Å². The van der Waals surface area contributed by atoms with Crippen LogP contribution in [0, 0.1) is 9.39 Å². The van der Waals surface area contributed by atoms with Crippen molar-refractivity contribution in [3.05, 3.63) is 26.8 Å². The van der Waals surface area contributed by atoms with Gasteiger partial charge in [0.1, 0.15) is 0 Å². The van der Waals surface area contributed by atoms with Crippen LogP contribution in [0.2, 0.25) is 0 Å². The Hall–Kier alpha value is -0.0400. The van der Waals surface area contributed by atoms with Crippen LogP contribution in [-0.2, 0) is 5.88 Å². The smallest absolute Gasteiger partial charge is 0.256 e. The summed E-state index contributed by atoms with van der Waals surface area (Å²) in [6.45, 7) is 0. The molecule has 0 saturated heterocycles. The Kier molecular flexibility index (Phi) is 3.78. The molecule has 0 aromatic carbocycles. The third-order valence-electron chi connectivity index (χ3n) is 1.43. The molecule has 1 aromatic heterocycles. The Bertz CT molecular complexity index is 319. The number of hydrogen-bond acceptors (Lipinski definition) is 1. The van der Waals surface area contributed by atoms with Gasteiger partial charge in [-0.25, -0.2) is 13.2 Å². The minimum Gasteiger partial charge on any atom is -0.256 e. The van der Waals surface area contributed by atoms with Crippen LogP contribution < -0.4 is 0 Å². The summed E-state index contributed by atoms with van der Waals surface area (Å²) in [7, 11) is 0. The molecule has 0 amide bonds. The van der Waals surface area contributed by atoms with Gasteiger partial charge in [-0.3, -0.25) is 4.98 Å². The molecule has 13 heavy (non-hydrogen) atoms. The summed E-state index contributed by atoms with van der Waals surface area (Å²) >= 11 is 6.92. The zero-order chi connectivity index (χ0) is 10.0. The molecule has 0 aliphatic heterocycles. The molecular formula is C7H4ClF3IN. The molecule has 0 bridgehead atoms. The summed E-state index contributed by atoms with van der Waals surface area (Å²) in [6, 6.07) is 0. The van der Waals surface area contributed by atoms with Gasteiger partial charge in [-0.2, -0.15) is 0 Å². The largest absolute Gasteiger partial charge is 0.267 e. The third kappa shape index (κ3) is 2.25. The number of hydrogen-bond donors (Lipinski definition) is 0. The van der Waals surface area contributed by atoms with Crippen LogP contribution in [0.1, 0.15) is 17.7 Å². The lowest BCUT2D eigenvalue weighted by atomic mass is 10.2. The van der Waals surface area contributed by atoms with E-state index in [1.54, 1.807) is 22.6 Å². The molecule has 1 heterocycles. The number of alkyl halides is 3. The second-order valence-corrected chi connectivity index (χ2v) is 3.64. The summed E-state index contributed by atoms with van der Waals surface area (Å²) in [5, 5.41) is 0. The van der Waals surface area contributed by atoms with Crippen LogP contribution in [0.25, 0.3) is 0 Å². The Balaban J connectivity index is 3.30. The molecule has 0 spiro atoms. The van der Waals surface area contributed by atoms with E-state index in [-0.39, 0.29) is 15.1 Å². The van der Waals surface area contributed by atoms with Crippen molar-refractivity contribution in [1.29, 1.82) is 0 Å². The van der Waals surface area contributed by atoms with Crippen molar-refractivity contribution in [2.75, 3.05) is 0 Å². The fraction of sp³-hybridized carbons (Fsp3) is 0.286. The van der Waals surface area contributed by atoms with Crippen LogP contribution in [-0.4, -0.2) is 4.98 Å². The molecule has 0 aliphatic carbocycles. The average Bonchev–Trinajstić information content (AvgIpc) is 2.04. The van der Waals surface area contributed by atoms with Gasteiger partial charge < -0.3 is 0 Å². The maximum atomic E-state index is 13.2. The van der Waals surface area contributed by atoms with Crippen molar-refractivity contribution in [2.24, 2.45) is 0 Å². The van der Waals surface area contributed by atoms with Gasteiger partial charge in [-0.15, -0.1) is 11.6 Å². The molecule has 0 N–H and O–H groups in total. The highest BCUT2D eigenvalue weighted by molar-refractivity contribution is 14.1. The summed E-state index contributed by atoms with van der Waals surface area (Å²) in [5.41, 5.74) is -0.761. The first-order valence-corrected chi connectivity index (χ1v) is 4.86. The van der Waals surface area contributed by atoms with Crippen LogP contribution in [0.4, 0.5) is 13.2 Å². The second kappa shape index (κ2) is 4.45. The molecule has 1 aromatic rings. The molecule has 72 valence electrons. The molecule has 0 radical (unpaired) electrons. The quantitative estimate of drug-likeness (QED) is 0.600. The van der Waals surface area contributed by atoms with E-state index < -0.39 is 17.8 Å². The first-order chi connectivity index (χ1) is 6.07. The maximum absolute atomic E-state index is 13.2. The standard InChI is InChI=1S/C7H4ClF3IN/c8-1-4-6(9)5(7(10)11)3(12)2-13-4/h2,7H,1H2. The van der Waals surface area contributed by atoms with E-state index >= 15 is 0 Å². The highest BCUT2D eigenvalue weighted by atomic mass is 127. The van der Waals surface area contributed by atoms with Gasteiger partial charge in [0.15, 0.2) is 5.82 Å². The highest BCUT2D eigenvalue weighted by Gasteiger charge is 2.20. The van der Waals surface area contributed by atoms with Crippen molar-refractivity contribution in [1.82, 2.24) is 4.98 Å². The maximum Gasteiger partial charge on any atom is 0.267 e. The molecule has 6 heteroatoms. The zero-order valence-electron chi connectivity index (χ0n) is 6.20. The lowest BCUT2D eigenvalue weighted by Crippen LogP contribution is -2.01. The number of halogens is 5. The predicted molar refractivity (Wildman–Crippen MR) is 51.4 cm³/mol. The number of rotatable bonds is 2. The van der Waals surface area contributed by atoms with Gasteiger partial charge in [0.2, 0.25) is 0 Å². The van der Waals surface area contributed by atoms with E-state index in [0.29, 0.717) is 0 Å². The molecule has 0 unspecified atom stereocenters. The van der Waals surface area contributed by atoms with E-state index in [9.17, 15) is 13.2 Å². The molecule has 0 fully saturated rings. The minimum atomic E-state index is -2.84. The van der Waals surface area contributed by atoms with E-state index in [1.165, 1.54) is 6.20 Å². The molecular weight excluding hydrogens is 317 g/mol. The van der Waals surface area contributed by atoms with Gasteiger partial charge >= 0.3 is 0 Å². The molecule has 1 nitrogen and oxygen atoms in total. The Morgan fingerprint density at radius 1 is 1.54 bits per heavy atom. The summed E-state index contributed by atoms with van der Waals surface area (Å²) in [5.74, 6) is -1.21. The van der Waals surface area contributed by atoms with E-state index in [4.69, 9.17) is 11.6 Å². The van der Waals surface area contributed by atoms with Gasteiger partial charge in [0.25, 0.3) is 6.43 Å². The Morgan fingerprint density at radius 3 is 2.62 bits per heavy atom. The monoisotopic (exact) mass is 321 g/mol. The molecule has 0 atom stereocenters. The first-order valence-electron chi connectivity index (χ1n) is 3.24. The van der Waals surface area contributed by atoms with E-state index in [1.807, 2.05) is 0 Å². The Morgan fingerprint density at radius 2 is 2.15 bits per heavy atom. The predicted octanol–water partition coefficient (Wildman–Crippen LogP) is 3.50. The van der Waals surface area contributed by atoms with Crippen LogP contribution in [0.15, 0.2) is 6.20 Å². The molecule has 1 rings (SSSR count). The average molecular weight is 321 g/mol. The van der Waals surface area contributed by atoms with E-state index in [0.717, 1.165) is 0 Å². The van der Waals surface area contributed by atoms with Gasteiger partial charge in [0, 0.05) is 9.77 Å². The van der Waals surface area contributed by atoms with Crippen molar-refractivity contribution in [3.8, 4) is 0 Å². The lowest BCUT2D eigenvalue weighted by Gasteiger charge is -2.06. The lowest BCUT2D eigenvalue weighted by molar-refractivity contribution is 0.145. The first kappa shape index (κ1) is 11.0. The number of nitrogens with zero attached hydrogens (tertiary/aromatic N) is 1. The minimum absolute atomic E-state index is 0.110. The second-order valence-electron chi connectivity index (χ2n) is 2.21. The summed E-state index contributed by atoms with van der Waals surface area (Å²) < 4.78 is 37.8. The topological polar surface area (TPSA) is 12.9 Å². The third-order valence-corrected chi connectivity index (χ3v) is 2.54. The van der Waals surface area contributed by atoms with Crippen LogP contribution >= 0.6 is 34.2 Å². The zero-order valence-corrected chi connectivity index (χ0v) is 9.11. The van der Waals surface area contributed by atoms with Gasteiger partial charge in [-0.1, -0.05) is 0 Å². The van der Waals surface area contributed by atoms with Crippen molar-refractivity contribution < 1.29 is 13.2 Å². The fourth-order valence-electron chi connectivity index (χ4n) is 0.814. The van der Waals surface area contributed by atoms with Crippen molar-refractivity contribution >= 4 is 34.2 Å². The number of pyridine rings is 1. The summed E-state index contributed by atoms with van der Waals surface area (Å²) in [6.07, 6.45) is -1.65. The fourth-order valence-corrected chi connectivity index (χ4v) is 1.61. The van der Waals surface area contributed by atoms with Crippen molar-refractivity contribution in [2.45, 2.75) is 12.3 Å².